The third-order valence-corrected chi connectivity index (χ3v) is 5.26. The number of carboxylic acid groups (broad SMARTS) is 1. The lowest BCUT2D eigenvalue weighted by atomic mass is 10.0. The van der Waals surface area contributed by atoms with Crippen molar-refractivity contribution in [1.82, 2.24) is 9.24 Å². The second-order valence-electron chi connectivity index (χ2n) is 6.42. The highest BCUT2D eigenvalue weighted by Gasteiger charge is 2.37. The summed E-state index contributed by atoms with van der Waals surface area (Å²) in [4.78, 5) is 48.3. The minimum Gasteiger partial charge on any atom is -0.478 e. The van der Waals surface area contributed by atoms with Crippen molar-refractivity contribution < 1.29 is 37.0 Å². The van der Waals surface area contributed by atoms with E-state index in [2.05, 4.69) is 0 Å². The van der Waals surface area contributed by atoms with Crippen LogP contribution in [0.1, 0.15) is 36.3 Å². The SMILES string of the molecule is CCC(C)(OC(=O)c1cc(-n2c(=O)cc(C(F)(F)F)n(N)c2=O)c(F)cc1I)C(=O)O. The number of ether oxygens (including phenoxy) is 1. The normalized spacial score (nSPS) is 13.5. The molecule has 0 aliphatic rings. The number of carbonyl (C=O) groups excluding carboxylic acids is 1. The number of alkyl halides is 3. The Bertz CT molecular complexity index is 1190. The number of benzene rings is 1. The molecule has 0 aliphatic heterocycles. The minimum absolute atomic E-state index is 0.00458. The summed E-state index contributed by atoms with van der Waals surface area (Å²) in [6, 6.07) is 1.41. The fraction of sp³-hybridized carbons (Fsp3) is 0.294. The van der Waals surface area contributed by atoms with Crippen LogP contribution in [0.3, 0.4) is 0 Å². The van der Waals surface area contributed by atoms with Crippen LogP contribution in [0.5, 0.6) is 0 Å². The number of rotatable bonds is 5. The highest BCUT2D eigenvalue weighted by Crippen LogP contribution is 2.27. The molecule has 3 N–H and O–H groups in total. The molecule has 31 heavy (non-hydrogen) atoms. The average molecular weight is 559 g/mol. The van der Waals surface area contributed by atoms with Gasteiger partial charge in [-0.15, -0.1) is 0 Å². The summed E-state index contributed by atoms with van der Waals surface area (Å²) in [5.41, 5.74) is -8.25. The molecule has 1 heterocycles. The quantitative estimate of drug-likeness (QED) is 0.248. The van der Waals surface area contributed by atoms with Gasteiger partial charge in [-0.05, 0) is 48.1 Å². The molecule has 2 rings (SSSR count). The highest BCUT2D eigenvalue weighted by molar-refractivity contribution is 14.1. The van der Waals surface area contributed by atoms with E-state index in [4.69, 9.17) is 10.6 Å². The van der Waals surface area contributed by atoms with Crippen molar-refractivity contribution in [3.8, 4) is 5.69 Å². The summed E-state index contributed by atoms with van der Waals surface area (Å²) in [7, 11) is 0. The molecule has 0 radical (unpaired) electrons. The maximum atomic E-state index is 14.5. The molecule has 14 heteroatoms. The van der Waals surface area contributed by atoms with Gasteiger partial charge in [-0.1, -0.05) is 6.92 Å². The zero-order valence-electron chi connectivity index (χ0n) is 15.8. The number of nitrogen functional groups attached to an aromatic ring is 1. The van der Waals surface area contributed by atoms with Gasteiger partial charge in [0.05, 0.1) is 11.3 Å². The van der Waals surface area contributed by atoms with Gasteiger partial charge in [0.25, 0.3) is 5.56 Å². The van der Waals surface area contributed by atoms with Crippen LogP contribution in [0.4, 0.5) is 17.6 Å². The number of nitrogens with two attached hydrogens (primary N) is 1. The first-order chi connectivity index (χ1) is 14.1. The summed E-state index contributed by atoms with van der Waals surface area (Å²) in [6.07, 6.45) is -5.25. The van der Waals surface area contributed by atoms with E-state index < -0.39 is 57.7 Å². The third-order valence-electron chi connectivity index (χ3n) is 4.37. The van der Waals surface area contributed by atoms with Gasteiger partial charge in [0.15, 0.2) is 5.69 Å². The molecule has 0 saturated heterocycles. The van der Waals surface area contributed by atoms with Crippen molar-refractivity contribution in [2.75, 3.05) is 5.84 Å². The number of halogens is 5. The van der Waals surface area contributed by atoms with E-state index in [1.807, 2.05) is 0 Å². The van der Waals surface area contributed by atoms with Crippen molar-refractivity contribution >= 4 is 34.5 Å². The Morgan fingerprint density at radius 3 is 2.29 bits per heavy atom. The summed E-state index contributed by atoms with van der Waals surface area (Å²) in [5, 5.41) is 9.23. The predicted octanol–water partition coefficient (Wildman–Crippen LogP) is 1.89. The number of esters is 1. The molecule has 2 aromatic rings. The molecule has 0 spiro atoms. The molecule has 1 unspecified atom stereocenters. The van der Waals surface area contributed by atoms with Gasteiger partial charge in [0.1, 0.15) is 5.82 Å². The van der Waals surface area contributed by atoms with Crippen molar-refractivity contribution in [1.29, 1.82) is 0 Å². The van der Waals surface area contributed by atoms with E-state index in [-0.39, 0.29) is 25.3 Å². The number of aromatic nitrogens is 2. The number of aliphatic carboxylic acids is 1. The summed E-state index contributed by atoms with van der Waals surface area (Å²) in [6.45, 7) is 2.56. The van der Waals surface area contributed by atoms with Gasteiger partial charge in [0.2, 0.25) is 5.60 Å². The van der Waals surface area contributed by atoms with Gasteiger partial charge >= 0.3 is 23.8 Å². The van der Waals surface area contributed by atoms with E-state index in [1.165, 1.54) is 29.5 Å². The molecule has 1 aromatic heterocycles. The molecular formula is C17H14F4IN3O6. The number of hydrogen-bond acceptors (Lipinski definition) is 6. The summed E-state index contributed by atoms with van der Waals surface area (Å²) in [5.74, 6) is 1.24. The molecule has 9 nitrogen and oxygen atoms in total. The van der Waals surface area contributed by atoms with Crippen molar-refractivity contribution in [3.63, 3.8) is 0 Å². The Morgan fingerprint density at radius 1 is 1.23 bits per heavy atom. The lowest BCUT2D eigenvalue weighted by Gasteiger charge is -2.24. The first-order valence-corrected chi connectivity index (χ1v) is 9.39. The van der Waals surface area contributed by atoms with Crippen LogP contribution in [0, 0.1) is 9.39 Å². The predicted molar refractivity (Wildman–Crippen MR) is 106 cm³/mol. The van der Waals surface area contributed by atoms with Crippen molar-refractivity contribution in [3.05, 3.63) is 59.7 Å². The van der Waals surface area contributed by atoms with Crippen molar-refractivity contribution in [2.45, 2.75) is 32.0 Å². The van der Waals surface area contributed by atoms with Gasteiger partial charge < -0.3 is 15.7 Å². The van der Waals surface area contributed by atoms with E-state index >= 15 is 0 Å². The van der Waals surface area contributed by atoms with Gasteiger partial charge in [-0.3, -0.25) is 4.79 Å². The second-order valence-corrected chi connectivity index (χ2v) is 7.58. The maximum Gasteiger partial charge on any atom is 0.433 e. The molecule has 0 saturated carbocycles. The topological polar surface area (TPSA) is 134 Å². The second kappa shape index (κ2) is 8.32. The largest absolute Gasteiger partial charge is 0.478 e. The minimum atomic E-state index is -5.13. The molecule has 0 aliphatic carbocycles. The van der Waals surface area contributed by atoms with Crippen LogP contribution >= 0.6 is 22.6 Å². The third kappa shape index (κ3) is 4.57. The molecule has 0 amide bonds. The van der Waals surface area contributed by atoms with Gasteiger partial charge in [-0.25, -0.2) is 28.0 Å². The fourth-order valence-electron chi connectivity index (χ4n) is 2.39. The lowest BCUT2D eigenvalue weighted by Crippen LogP contribution is -2.45. The Morgan fingerprint density at radius 2 is 1.81 bits per heavy atom. The maximum absolute atomic E-state index is 14.5. The van der Waals surface area contributed by atoms with Crippen LogP contribution in [-0.2, 0) is 15.7 Å². The fourth-order valence-corrected chi connectivity index (χ4v) is 3.04. The Balaban J connectivity index is 2.71. The molecular weight excluding hydrogens is 545 g/mol. The van der Waals surface area contributed by atoms with Crippen LogP contribution in [0.2, 0.25) is 0 Å². The Hall–Kier alpha value is -2.91. The first-order valence-electron chi connectivity index (χ1n) is 8.31. The monoisotopic (exact) mass is 559 g/mol. The number of hydrogen-bond donors (Lipinski definition) is 2. The van der Waals surface area contributed by atoms with Gasteiger partial charge in [-0.2, -0.15) is 13.2 Å². The summed E-state index contributed by atoms with van der Waals surface area (Å²) >= 11 is 1.53. The van der Waals surface area contributed by atoms with E-state index in [0.29, 0.717) is 6.07 Å². The Labute approximate surface area is 184 Å². The van der Waals surface area contributed by atoms with Crippen LogP contribution < -0.4 is 17.1 Å². The Kier molecular flexibility index (Phi) is 6.53. The first kappa shape index (κ1) is 24.4. The van der Waals surface area contributed by atoms with E-state index in [9.17, 15) is 41.8 Å². The van der Waals surface area contributed by atoms with Crippen LogP contribution in [0.15, 0.2) is 27.8 Å². The van der Waals surface area contributed by atoms with Gasteiger partial charge in [0, 0.05) is 9.64 Å². The standard InChI is InChI=1S/C17H14F4IN3O6/c1-3-16(2,14(28)29)31-13(27)7-4-10(8(18)5-9(7)22)24-12(26)6-11(17(19,20)21)25(23)15(24)30/h4-6H,3,23H2,1-2H3,(H,28,29). The molecule has 0 bridgehead atoms. The zero-order valence-corrected chi connectivity index (χ0v) is 17.9. The summed E-state index contributed by atoms with van der Waals surface area (Å²) < 4.78 is 57.8. The molecule has 1 aromatic carbocycles. The lowest BCUT2D eigenvalue weighted by molar-refractivity contribution is -0.157. The molecule has 168 valence electrons. The van der Waals surface area contributed by atoms with Crippen molar-refractivity contribution in [2.24, 2.45) is 0 Å². The van der Waals surface area contributed by atoms with Crippen LogP contribution in [-0.4, -0.2) is 31.9 Å². The number of carboxylic acids is 1. The molecule has 1 atom stereocenters. The average Bonchev–Trinajstić information content (AvgIpc) is 2.64. The highest BCUT2D eigenvalue weighted by atomic mass is 127. The smallest absolute Gasteiger partial charge is 0.433 e. The zero-order chi connectivity index (χ0) is 23.9. The number of nitrogens with zero attached hydrogens (tertiary/aromatic N) is 2. The molecule has 0 fully saturated rings. The van der Waals surface area contributed by atoms with Crippen LogP contribution in [0.25, 0.3) is 5.69 Å². The van der Waals surface area contributed by atoms with E-state index in [0.717, 1.165) is 13.0 Å². The van der Waals surface area contributed by atoms with E-state index in [1.54, 1.807) is 0 Å². The number of carbonyl (C=O) groups is 2.